The molecule has 0 saturated heterocycles. The predicted octanol–water partition coefficient (Wildman–Crippen LogP) is 1.90. The second kappa shape index (κ2) is 5.74. The SMILES string of the molecule is CC(C)(C)c1noc(=O)n1CC(=O)c1ccc2c(c1)CCC(=O)N2. The Labute approximate surface area is 138 Å². The molecule has 24 heavy (non-hydrogen) atoms. The number of aryl methyl sites for hydroxylation is 1. The van der Waals surface area contributed by atoms with E-state index >= 15 is 0 Å². The minimum atomic E-state index is -0.640. The van der Waals surface area contributed by atoms with Crippen molar-refractivity contribution in [2.45, 2.75) is 45.6 Å². The largest absolute Gasteiger partial charge is 0.442 e. The minimum absolute atomic E-state index is 0.0209. The average molecular weight is 329 g/mol. The molecule has 1 aromatic carbocycles. The Morgan fingerprint density at radius 2 is 2.04 bits per heavy atom. The molecule has 2 heterocycles. The van der Waals surface area contributed by atoms with Gasteiger partial charge in [0.2, 0.25) is 5.91 Å². The van der Waals surface area contributed by atoms with Crippen LogP contribution in [0, 0.1) is 0 Å². The highest BCUT2D eigenvalue weighted by molar-refractivity contribution is 5.98. The summed E-state index contributed by atoms with van der Waals surface area (Å²) in [6, 6.07) is 5.15. The molecule has 7 heteroatoms. The van der Waals surface area contributed by atoms with Crippen LogP contribution in [0.25, 0.3) is 0 Å². The van der Waals surface area contributed by atoms with Gasteiger partial charge in [0.1, 0.15) is 0 Å². The van der Waals surface area contributed by atoms with Crippen molar-refractivity contribution in [3.8, 4) is 0 Å². The summed E-state index contributed by atoms with van der Waals surface area (Å²) in [5.41, 5.74) is 1.75. The first-order chi connectivity index (χ1) is 11.3. The van der Waals surface area contributed by atoms with Crippen LogP contribution in [0.5, 0.6) is 0 Å². The van der Waals surface area contributed by atoms with Gasteiger partial charge in [-0.25, -0.2) is 4.79 Å². The molecule has 0 atom stereocenters. The molecule has 1 N–H and O–H groups in total. The highest BCUT2D eigenvalue weighted by Gasteiger charge is 2.26. The molecular formula is C17H19N3O4. The zero-order valence-electron chi connectivity index (χ0n) is 13.9. The van der Waals surface area contributed by atoms with E-state index in [9.17, 15) is 14.4 Å². The minimum Gasteiger partial charge on any atom is -0.326 e. The normalized spacial score (nSPS) is 14.2. The Hall–Kier alpha value is -2.70. The van der Waals surface area contributed by atoms with E-state index in [1.807, 2.05) is 20.8 Å². The summed E-state index contributed by atoms with van der Waals surface area (Å²) in [6.45, 7) is 5.56. The van der Waals surface area contributed by atoms with Crippen LogP contribution in [0.3, 0.4) is 0 Å². The van der Waals surface area contributed by atoms with Crippen molar-refractivity contribution in [3.63, 3.8) is 0 Å². The highest BCUT2D eigenvalue weighted by Crippen LogP contribution is 2.24. The van der Waals surface area contributed by atoms with Gasteiger partial charge in [-0.3, -0.25) is 18.7 Å². The second-order valence-electron chi connectivity index (χ2n) is 6.95. The molecule has 1 aromatic heterocycles. The van der Waals surface area contributed by atoms with Crippen LogP contribution in [0.1, 0.15) is 48.9 Å². The van der Waals surface area contributed by atoms with Gasteiger partial charge in [0.05, 0.1) is 6.54 Å². The quantitative estimate of drug-likeness (QED) is 0.868. The van der Waals surface area contributed by atoms with E-state index in [-0.39, 0.29) is 18.2 Å². The molecule has 0 saturated carbocycles. The van der Waals surface area contributed by atoms with Crippen molar-refractivity contribution >= 4 is 17.4 Å². The lowest BCUT2D eigenvalue weighted by Gasteiger charge is -2.18. The van der Waals surface area contributed by atoms with Crippen LogP contribution in [-0.4, -0.2) is 21.4 Å². The average Bonchev–Trinajstić information content (AvgIpc) is 2.87. The number of carbonyl (C=O) groups excluding carboxylic acids is 2. The molecule has 2 aromatic rings. The number of benzene rings is 1. The zero-order valence-corrected chi connectivity index (χ0v) is 13.9. The smallest absolute Gasteiger partial charge is 0.326 e. The molecule has 0 fully saturated rings. The number of anilines is 1. The van der Waals surface area contributed by atoms with Gasteiger partial charge >= 0.3 is 5.76 Å². The summed E-state index contributed by atoms with van der Waals surface area (Å²) in [7, 11) is 0. The first kappa shape index (κ1) is 16.2. The zero-order chi connectivity index (χ0) is 17.5. The van der Waals surface area contributed by atoms with Crippen LogP contribution in [-0.2, 0) is 23.2 Å². The van der Waals surface area contributed by atoms with Crippen molar-refractivity contribution in [3.05, 3.63) is 45.7 Å². The van der Waals surface area contributed by atoms with Gasteiger partial charge in [-0.05, 0) is 30.2 Å². The third kappa shape index (κ3) is 3.02. The molecule has 0 bridgehead atoms. The molecule has 0 spiro atoms. The summed E-state index contributed by atoms with van der Waals surface area (Å²) in [5, 5.41) is 6.57. The summed E-state index contributed by atoms with van der Waals surface area (Å²) in [6.07, 6.45) is 1.01. The standard InChI is InChI=1S/C17H19N3O4/c1-17(2,3)15-19-24-16(23)20(15)9-13(21)11-4-6-12-10(8-11)5-7-14(22)18-12/h4,6,8H,5,7,9H2,1-3H3,(H,18,22). The Kier molecular flexibility index (Phi) is 3.87. The molecule has 1 aliphatic rings. The van der Waals surface area contributed by atoms with Crippen LogP contribution in [0.4, 0.5) is 5.69 Å². The Morgan fingerprint density at radius 1 is 1.29 bits per heavy atom. The number of rotatable bonds is 3. The fraction of sp³-hybridized carbons (Fsp3) is 0.412. The number of hydrogen-bond donors (Lipinski definition) is 1. The van der Waals surface area contributed by atoms with Gasteiger partial charge in [0.25, 0.3) is 0 Å². The third-order valence-corrected chi connectivity index (χ3v) is 3.98. The second-order valence-corrected chi connectivity index (χ2v) is 6.95. The Bertz CT molecular complexity index is 871. The summed E-state index contributed by atoms with van der Waals surface area (Å²) < 4.78 is 5.99. The van der Waals surface area contributed by atoms with Gasteiger partial charge in [0, 0.05) is 23.1 Å². The van der Waals surface area contributed by atoms with Gasteiger partial charge < -0.3 is 5.32 Å². The van der Waals surface area contributed by atoms with Crippen molar-refractivity contribution < 1.29 is 14.1 Å². The third-order valence-electron chi connectivity index (χ3n) is 3.98. The molecule has 1 aliphatic heterocycles. The number of fused-ring (bicyclic) bond motifs is 1. The number of Topliss-reactive ketones (excluding diaryl/α,β-unsaturated/α-hetero) is 1. The number of nitrogens with zero attached hydrogens (tertiary/aromatic N) is 2. The Balaban J connectivity index is 1.88. The summed E-state index contributed by atoms with van der Waals surface area (Å²) in [5.74, 6) is -0.428. The number of amides is 1. The molecule has 0 radical (unpaired) electrons. The predicted molar refractivity (Wildman–Crippen MR) is 87.2 cm³/mol. The van der Waals surface area contributed by atoms with Gasteiger partial charge in [-0.15, -0.1) is 0 Å². The summed E-state index contributed by atoms with van der Waals surface area (Å²) >= 11 is 0. The number of ketones is 1. The summed E-state index contributed by atoms with van der Waals surface area (Å²) in [4.78, 5) is 35.8. The highest BCUT2D eigenvalue weighted by atomic mass is 16.5. The van der Waals surface area contributed by atoms with E-state index in [0.29, 0.717) is 24.2 Å². The molecule has 7 nitrogen and oxygen atoms in total. The molecule has 3 rings (SSSR count). The number of carbonyl (C=O) groups is 2. The van der Waals surface area contributed by atoms with Crippen LogP contribution >= 0.6 is 0 Å². The lowest BCUT2D eigenvalue weighted by atomic mass is 9.95. The number of nitrogens with one attached hydrogen (secondary N) is 1. The molecular weight excluding hydrogens is 310 g/mol. The van der Waals surface area contributed by atoms with Crippen molar-refractivity contribution in [2.75, 3.05) is 5.32 Å². The van der Waals surface area contributed by atoms with Crippen LogP contribution in [0.15, 0.2) is 27.5 Å². The fourth-order valence-corrected chi connectivity index (χ4v) is 2.74. The fourth-order valence-electron chi connectivity index (χ4n) is 2.74. The van der Waals surface area contributed by atoms with Gasteiger partial charge in [-0.2, -0.15) is 0 Å². The van der Waals surface area contributed by atoms with E-state index in [0.717, 1.165) is 11.3 Å². The Morgan fingerprint density at radius 3 is 2.75 bits per heavy atom. The maximum Gasteiger partial charge on any atom is 0.442 e. The lowest BCUT2D eigenvalue weighted by molar-refractivity contribution is -0.116. The molecule has 0 unspecified atom stereocenters. The first-order valence-electron chi connectivity index (χ1n) is 7.78. The molecule has 0 aliphatic carbocycles. The van der Waals surface area contributed by atoms with Gasteiger partial charge in [0.15, 0.2) is 11.6 Å². The first-order valence-corrected chi connectivity index (χ1v) is 7.78. The van der Waals surface area contributed by atoms with E-state index in [4.69, 9.17) is 4.52 Å². The van der Waals surface area contributed by atoms with Crippen LogP contribution < -0.4 is 11.1 Å². The maximum absolute atomic E-state index is 12.6. The topological polar surface area (TPSA) is 94.2 Å². The maximum atomic E-state index is 12.6. The van der Waals surface area contributed by atoms with Crippen molar-refractivity contribution in [2.24, 2.45) is 0 Å². The molecule has 126 valence electrons. The lowest BCUT2D eigenvalue weighted by Crippen LogP contribution is -2.28. The van der Waals surface area contributed by atoms with Crippen molar-refractivity contribution in [1.82, 2.24) is 9.72 Å². The van der Waals surface area contributed by atoms with E-state index in [2.05, 4.69) is 10.5 Å². The van der Waals surface area contributed by atoms with Gasteiger partial charge in [-0.1, -0.05) is 25.9 Å². The van der Waals surface area contributed by atoms with E-state index in [1.54, 1.807) is 18.2 Å². The van der Waals surface area contributed by atoms with E-state index in [1.165, 1.54) is 4.57 Å². The van der Waals surface area contributed by atoms with Crippen molar-refractivity contribution in [1.29, 1.82) is 0 Å². The molecule has 1 amide bonds. The monoisotopic (exact) mass is 329 g/mol. The van der Waals surface area contributed by atoms with E-state index < -0.39 is 11.2 Å². The van der Waals surface area contributed by atoms with Crippen LogP contribution in [0.2, 0.25) is 0 Å². The number of aromatic nitrogens is 2. The number of hydrogen-bond acceptors (Lipinski definition) is 5.